The number of aliphatic hydroxyl groups is 1. The van der Waals surface area contributed by atoms with E-state index in [1.54, 1.807) is 12.1 Å². The second-order valence-electron chi connectivity index (χ2n) is 9.89. The van der Waals surface area contributed by atoms with Gasteiger partial charge in [-0.15, -0.1) is 0 Å². The number of hydrogen-bond donors (Lipinski definition) is 2. The zero-order valence-electron chi connectivity index (χ0n) is 19.3. The van der Waals surface area contributed by atoms with Crippen LogP contribution < -0.4 is 0 Å². The second kappa shape index (κ2) is 8.64. The predicted molar refractivity (Wildman–Crippen MR) is 129 cm³/mol. The van der Waals surface area contributed by atoms with Crippen molar-refractivity contribution in [2.24, 2.45) is 11.3 Å². The summed E-state index contributed by atoms with van der Waals surface area (Å²) in [4.78, 5) is 15.5. The van der Waals surface area contributed by atoms with Crippen LogP contribution >= 0.6 is 0 Å². The Kier molecular flexibility index (Phi) is 5.78. The molecule has 0 radical (unpaired) electrons. The normalized spacial score (nSPS) is 31.2. The SMILES string of the molecule is CC1C2C(O)(c3ccc(F)cc3)CCC(c3ccccc3)C2(C(=O)O)CN1Cc1ccccc1. The maximum Gasteiger partial charge on any atom is 0.312 e. The van der Waals surface area contributed by atoms with E-state index >= 15 is 0 Å². The van der Waals surface area contributed by atoms with Gasteiger partial charge in [-0.25, -0.2) is 4.39 Å². The van der Waals surface area contributed by atoms with Crippen LogP contribution in [0.2, 0.25) is 0 Å². The zero-order valence-corrected chi connectivity index (χ0v) is 19.3. The van der Waals surface area contributed by atoms with Gasteiger partial charge < -0.3 is 10.2 Å². The Bertz CT molecular complexity index is 1150. The van der Waals surface area contributed by atoms with E-state index in [0.29, 0.717) is 31.5 Å². The van der Waals surface area contributed by atoms with Gasteiger partial charge in [-0.1, -0.05) is 72.8 Å². The molecular weight excluding hydrogens is 429 g/mol. The lowest BCUT2D eigenvalue weighted by atomic mass is 9.52. The van der Waals surface area contributed by atoms with Crippen molar-refractivity contribution >= 4 is 5.97 Å². The third-order valence-corrected chi connectivity index (χ3v) is 8.20. The van der Waals surface area contributed by atoms with Gasteiger partial charge in [-0.05, 0) is 48.6 Å². The molecule has 176 valence electrons. The van der Waals surface area contributed by atoms with Crippen LogP contribution in [-0.4, -0.2) is 33.7 Å². The highest BCUT2D eigenvalue weighted by molar-refractivity contribution is 5.78. The number of hydrogen-bond acceptors (Lipinski definition) is 3. The summed E-state index contributed by atoms with van der Waals surface area (Å²) < 4.78 is 13.7. The van der Waals surface area contributed by atoms with Crippen molar-refractivity contribution in [3.05, 3.63) is 107 Å². The molecule has 34 heavy (non-hydrogen) atoms. The van der Waals surface area contributed by atoms with Gasteiger partial charge in [0.05, 0.1) is 11.0 Å². The van der Waals surface area contributed by atoms with Crippen molar-refractivity contribution in [2.75, 3.05) is 6.54 Å². The Balaban J connectivity index is 1.65. The van der Waals surface area contributed by atoms with Gasteiger partial charge in [-0.3, -0.25) is 9.69 Å². The van der Waals surface area contributed by atoms with Gasteiger partial charge in [0.2, 0.25) is 0 Å². The molecular formula is C29H30FNO3. The summed E-state index contributed by atoms with van der Waals surface area (Å²) in [7, 11) is 0. The highest BCUT2D eigenvalue weighted by Gasteiger charge is 2.68. The Morgan fingerprint density at radius 3 is 2.24 bits per heavy atom. The molecule has 5 unspecified atom stereocenters. The quantitative estimate of drug-likeness (QED) is 0.552. The largest absolute Gasteiger partial charge is 0.481 e. The second-order valence-corrected chi connectivity index (χ2v) is 9.89. The Morgan fingerprint density at radius 1 is 1.00 bits per heavy atom. The highest BCUT2D eigenvalue weighted by Crippen LogP contribution is 2.63. The van der Waals surface area contributed by atoms with Crippen LogP contribution in [0.4, 0.5) is 4.39 Å². The van der Waals surface area contributed by atoms with E-state index in [0.717, 1.165) is 11.1 Å². The van der Waals surface area contributed by atoms with Gasteiger partial charge in [0.15, 0.2) is 0 Å². The molecule has 1 saturated heterocycles. The molecule has 1 aliphatic heterocycles. The minimum absolute atomic E-state index is 0.196. The molecule has 3 aromatic carbocycles. The number of fused-ring (bicyclic) bond motifs is 1. The van der Waals surface area contributed by atoms with Gasteiger partial charge >= 0.3 is 5.97 Å². The number of halogens is 1. The third kappa shape index (κ3) is 3.55. The molecule has 1 saturated carbocycles. The van der Waals surface area contributed by atoms with Crippen LogP contribution in [0.25, 0.3) is 0 Å². The first-order valence-corrected chi connectivity index (χ1v) is 11.9. The van der Waals surface area contributed by atoms with E-state index in [1.165, 1.54) is 12.1 Å². The Morgan fingerprint density at radius 2 is 1.62 bits per heavy atom. The van der Waals surface area contributed by atoms with Crippen molar-refractivity contribution in [1.29, 1.82) is 0 Å². The van der Waals surface area contributed by atoms with Gasteiger partial charge in [0.1, 0.15) is 5.82 Å². The summed E-state index contributed by atoms with van der Waals surface area (Å²) in [5.74, 6) is -2.06. The molecule has 5 heteroatoms. The molecule has 5 rings (SSSR count). The first-order valence-electron chi connectivity index (χ1n) is 11.9. The lowest BCUT2D eigenvalue weighted by molar-refractivity contribution is -0.172. The monoisotopic (exact) mass is 459 g/mol. The average molecular weight is 460 g/mol. The summed E-state index contributed by atoms with van der Waals surface area (Å²) in [5, 5.41) is 23.1. The number of carbonyl (C=O) groups is 1. The van der Waals surface area contributed by atoms with E-state index in [1.807, 2.05) is 67.6 Å². The molecule has 0 aromatic heterocycles. The molecule has 2 fully saturated rings. The van der Waals surface area contributed by atoms with Crippen LogP contribution in [-0.2, 0) is 16.9 Å². The first-order chi connectivity index (χ1) is 16.4. The highest BCUT2D eigenvalue weighted by atomic mass is 19.1. The minimum atomic E-state index is -1.37. The first kappa shape index (κ1) is 22.8. The average Bonchev–Trinajstić information content (AvgIpc) is 3.15. The van der Waals surface area contributed by atoms with Crippen molar-refractivity contribution in [1.82, 2.24) is 4.90 Å². The van der Waals surface area contributed by atoms with Crippen molar-refractivity contribution in [2.45, 2.75) is 43.9 Å². The zero-order chi connectivity index (χ0) is 23.9. The van der Waals surface area contributed by atoms with Gasteiger partial charge in [0.25, 0.3) is 0 Å². The maximum absolute atomic E-state index is 13.7. The number of aliphatic carboxylic acids is 1. The van der Waals surface area contributed by atoms with Crippen LogP contribution in [0.3, 0.4) is 0 Å². The molecule has 5 atom stereocenters. The molecule has 1 aliphatic carbocycles. The lowest BCUT2D eigenvalue weighted by Crippen LogP contribution is -2.57. The molecule has 3 aromatic rings. The van der Waals surface area contributed by atoms with E-state index < -0.39 is 22.9 Å². The number of nitrogens with zero attached hydrogens (tertiary/aromatic N) is 1. The molecule has 2 N–H and O–H groups in total. The molecule has 1 heterocycles. The standard InChI is InChI=1S/C29H30FNO3/c1-20-26-28(27(32)33,19-31(20)18-21-8-4-2-5-9-21)25(22-10-6-3-7-11-22)16-17-29(26,34)23-12-14-24(30)15-13-23/h2-15,20,25-26,34H,16-19H2,1H3,(H,32,33). The Labute approximate surface area is 199 Å². The summed E-state index contributed by atoms with van der Waals surface area (Å²) in [5.41, 5.74) is 0.128. The fourth-order valence-electron chi connectivity index (χ4n) is 6.73. The van der Waals surface area contributed by atoms with Crippen molar-refractivity contribution in [3.8, 4) is 0 Å². The summed E-state index contributed by atoms with van der Waals surface area (Å²) in [6.45, 7) is 2.97. The van der Waals surface area contributed by atoms with E-state index in [2.05, 4.69) is 4.90 Å². The van der Waals surface area contributed by atoms with Gasteiger partial charge in [-0.2, -0.15) is 0 Å². The number of likely N-dealkylation sites (tertiary alicyclic amines) is 1. The lowest BCUT2D eigenvalue weighted by Gasteiger charge is -2.52. The minimum Gasteiger partial charge on any atom is -0.481 e. The van der Waals surface area contributed by atoms with E-state index in [-0.39, 0.29) is 17.8 Å². The fraction of sp³-hybridized carbons (Fsp3) is 0.345. The van der Waals surface area contributed by atoms with E-state index in [9.17, 15) is 19.4 Å². The van der Waals surface area contributed by atoms with Crippen molar-refractivity contribution < 1.29 is 19.4 Å². The molecule has 0 amide bonds. The summed E-state index contributed by atoms with van der Waals surface area (Å²) in [6.07, 6.45) is 0.952. The van der Waals surface area contributed by atoms with Crippen LogP contribution in [0, 0.1) is 17.2 Å². The smallest absolute Gasteiger partial charge is 0.312 e. The summed E-state index contributed by atoms with van der Waals surface area (Å²) >= 11 is 0. The topological polar surface area (TPSA) is 60.8 Å². The van der Waals surface area contributed by atoms with Crippen molar-refractivity contribution in [3.63, 3.8) is 0 Å². The molecule has 2 aliphatic rings. The molecule has 0 spiro atoms. The molecule has 0 bridgehead atoms. The van der Waals surface area contributed by atoms with Gasteiger partial charge in [0, 0.05) is 31.0 Å². The Hall–Kier alpha value is -3.02. The predicted octanol–water partition coefficient (Wildman–Crippen LogP) is 5.18. The summed E-state index contributed by atoms with van der Waals surface area (Å²) in [6, 6.07) is 25.6. The van der Waals surface area contributed by atoms with E-state index in [4.69, 9.17) is 0 Å². The number of carboxylic acids is 1. The van der Waals surface area contributed by atoms with Crippen LogP contribution in [0.1, 0.15) is 42.4 Å². The third-order valence-electron chi connectivity index (χ3n) is 8.20. The number of carboxylic acid groups (broad SMARTS) is 1. The maximum atomic E-state index is 13.7. The number of benzene rings is 3. The number of rotatable bonds is 5. The van der Waals surface area contributed by atoms with Crippen LogP contribution in [0.15, 0.2) is 84.9 Å². The molecule has 4 nitrogen and oxygen atoms in total. The fourth-order valence-corrected chi connectivity index (χ4v) is 6.73. The van der Waals surface area contributed by atoms with Crippen LogP contribution in [0.5, 0.6) is 0 Å².